The standard InChI is InChI=1S/C16H19N3O2/c1-12(20)18-13-5-7-14(8-6-13)19-15(21)16(11-17)9-3-2-4-10-16/h5-8H,2-4,9-10H2,1H3,(H,18,20)(H,19,21). The number of anilines is 2. The molecule has 0 saturated heterocycles. The first-order chi connectivity index (χ1) is 10.1. The highest BCUT2D eigenvalue weighted by molar-refractivity contribution is 5.97. The molecule has 5 heteroatoms. The van der Waals surface area contributed by atoms with Crippen molar-refractivity contribution in [2.45, 2.75) is 39.0 Å². The summed E-state index contributed by atoms with van der Waals surface area (Å²) in [7, 11) is 0. The summed E-state index contributed by atoms with van der Waals surface area (Å²) in [5.74, 6) is -0.366. The molecular formula is C16H19N3O2. The summed E-state index contributed by atoms with van der Waals surface area (Å²) in [5, 5.41) is 14.8. The molecule has 0 heterocycles. The predicted octanol–water partition coefficient (Wildman–Crippen LogP) is 3.06. The third-order valence-corrected chi connectivity index (χ3v) is 3.82. The predicted molar refractivity (Wildman–Crippen MR) is 80.5 cm³/mol. The summed E-state index contributed by atoms with van der Waals surface area (Å²) in [6.07, 6.45) is 4.17. The molecule has 1 aliphatic rings. The second-order valence-corrected chi connectivity index (χ2v) is 5.47. The van der Waals surface area contributed by atoms with Crippen LogP contribution in [0.4, 0.5) is 11.4 Å². The van der Waals surface area contributed by atoms with E-state index in [1.54, 1.807) is 24.3 Å². The topological polar surface area (TPSA) is 82.0 Å². The van der Waals surface area contributed by atoms with E-state index in [1.807, 2.05) is 0 Å². The maximum atomic E-state index is 12.4. The highest BCUT2D eigenvalue weighted by atomic mass is 16.2. The molecule has 1 aromatic carbocycles. The van der Waals surface area contributed by atoms with E-state index in [2.05, 4.69) is 16.7 Å². The zero-order chi connectivity index (χ0) is 15.3. The number of amides is 2. The highest BCUT2D eigenvalue weighted by Crippen LogP contribution is 2.36. The molecule has 2 amide bonds. The number of carbonyl (C=O) groups is 2. The number of hydrogen-bond acceptors (Lipinski definition) is 3. The first-order valence-electron chi connectivity index (χ1n) is 7.16. The molecule has 2 N–H and O–H groups in total. The van der Waals surface area contributed by atoms with Crippen LogP contribution in [-0.2, 0) is 9.59 Å². The lowest BCUT2D eigenvalue weighted by atomic mass is 9.74. The van der Waals surface area contributed by atoms with Crippen molar-refractivity contribution in [1.29, 1.82) is 5.26 Å². The van der Waals surface area contributed by atoms with Gasteiger partial charge in [-0.05, 0) is 37.1 Å². The molecule has 110 valence electrons. The van der Waals surface area contributed by atoms with Gasteiger partial charge in [-0.1, -0.05) is 19.3 Å². The summed E-state index contributed by atoms with van der Waals surface area (Å²) >= 11 is 0. The van der Waals surface area contributed by atoms with E-state index in [1.165, 1.54) is 6.92 Å². The Kier molecular flexibility index (Phi) is 4.59. The van der Waals surface area contributed by atoms with Gasteiger partial charge in [0, 0.05) is 18.3 Å². The Hall–Kier alpha value is -2.35. The quantitative estimate of drug-likeness (QED) is 0.895. The second kappa shape index (κ2) is 6.40. The fourth-order valence-electron chi connectivity index (χ4n) is 2.64. The van der Waals surface area contributed by atoms with Crippen molar-refractivity contribution in [3.63, 3.8) is 0 Å². The molecule has 0 aromatic heterocycles. The van der Waals surface area contributed by atoms with Gasteiger partial charge >= 0.3 is 0 Å². The molecule has 1 fully saturated rings. The second-order valence-electron chi connectivity index (χ2n) is 5.47. The van der Waals surface area contributed by atoms with Crippen molar-refractivity contribution in [3.8, 4) is 6.07 Å². The Balaban J connectivity index is 2.05. The minimum atomic E-state index is -0.894. The van der Waals surface area contributed by atoms with E-state index < -0.39 is 5.41 Å². The van der Waals surface area contributed by atoms with E-state index in [0.717, 1.165) is 19.3 Å². The Morgan fingerprint density at radius 3 is 2.05 bits per heavy atom. The monoisotopic (exact) mass is 285 g/mol. The van der Waals surface area contributed by atoms with Gasteiger partial charge in [-0.3, -0.25) is 9.59 Å². The fraction of sp³-hybridized carbons (Fsp3) is 0.438. The van der Waals surface area contributed by atoms with Crippen LogP contribution in [0.2, 0.25) is 0 Å². The van der Waals surface area contributed by atoms with Gasteiger partial charge in [0.15, 0.2) is 0 Å². The number of hydrogen-bond donors (Lipinski definition) is 2. The van der Waals surface area contributed by atoms with E-state index in [0.29, 0.717) is 24.2 Å². The maximum Gasteiger partial charge on any atom is 0.244 e. The number of nitrogens with one attached hydrogen (secondary N) is 2. The van der Waals surface area contributed by atoms with Crippen molar-refractivity contribution >= 4 is 23.2 Å². The van der Waals surface area contributed by atoms with Crippen molar-refractivity contribution in [2.75, 3.05) is 10.6 Å². The lowest BCUT2D eigenvalue weighted by Gasteiger charge is -2.29. The molecule has 1 aliphatic carbocycles. The van der Waals surface area contributed by atoms with Crippen LogP contribution in [0.1, 0.15) is 39.0 Å². The van der Waals surface area contributed by atoms with Gasteiger partial charge < -0.3 is 10.6 Å². The van der Waals surface area contributed by atoms with E-state index in [4.69, 9.17) is 0 Å². The van der Waals surface area contributed by atoms with Crippen LogP contribution in [0.25, 0.3) is 0 Å². The van der Waals surface area contributed by atoms with Crippen molar-refractivity contribution < 1.29 is 9.59 Å². The zero-order valence-corrected chi connectivity index (χ0v) is 12.1. The summed E-state index contributed by atoms with van der Waals surface area (Å²) in [5.41, 5.74) is 0.414. The van der Waals surface area contributed by atoms with Crippen molar-refractivity contribution in [3.05, 3.63) is 24.3 Å². The molecule has 0 unspecified atom stereocenters. The van der Waals surface area contributed by atoms with Gasteiger partial charge in [-0.2, -0.15) is 5.26 Å². The van der Waals surface area contributed by atoms with Crippen LogP contribution < -0.4 is 10.6 Å². The van der Waals surface area contributed by atoms with Gasteiger partial charge in [-0.15, -0.1) is 0 Å². The van der Waals surface area contributed by atoms with Gasteiger partial charge in [0.2, 0.25) is 11.8 Å². The van der Waals surface area contributed by atoms with Gasteiger partial charge in [0.05, 0.1) is 6.07 Å². The van der Waals surface area contributed by atoms with Crippen LogP contribution in [0.3, 0.4) is 0 Å². The molecule has 0 atom stereocenters. The molecule has 2 rings (SSSR count). The Morgan fingerprint density at radius 2 is 1.57 bits per heavy atom. The number of carbonyl (C=O) groups excluding carboxylic acids is 2. The smallest absolute Gasteiger partial charge is 0.244 e. The van der Waals surface area contributed by atoms with E-state index in [-0.39, 0.29) is 11.8 Å². The molecule has 0 bridgehead atoms. The van der Waals surface area contributed by atoms with Gasteiger partial charge in [0.1, 0.15) is 5.41 Å². The first-order valence-corrected chi connectivity index (χ1v) is 7.16. The number of benzene rings is 1. The third-order valence-electron chi connectivity index (χ3n) is 3.82. The van der Waals surface area contributed by atoms with Crippen LogP contribution in [0, 0.1) is 16.7 Å². The van der Waals surface area contributed by atoms with Crippen LogP contribution >= 0.6 is 0 Å². The molecule has 1 saturated carbocycles. The Labute approximate surface area is 124 Å². The third kappa shape index (κ3) is 3.60. The average molecular weight is 285 g/mol. The minimum Gasteiger partial charge on any atom is -0.326 e. The minimum absolute atomic E-state index is 0.141. The largest absolute Gasteiger partial charge is 0.326 e. The Bertz CT molecular complexity index is 566. The lowest BCUT2D eigenvalue weighted by Crippen LogP contribution is -2.36. The molecule has 1 aromatic rings. The van der Waals surface area contributed by atoms with Gasteiger partial charge in [0.25, 0.3) is 0 Å². The van der Waals surface area contributed by atoms with Crippen LogP contribution in [0.15, 0.2) is 24.3 Å². The average Bonchev–Trinajstić information content (AvgIpc) is 2.49. The molecule has 0 aliphatic heterocycles. The fourth-order valence-corrected chi connectivity index (χ4v) is 2.64. The molecule has 21 heavy (non-hydrogen) atoms. The SMILES string of the molecule is CC(=O)Nc1ccc(NC(=O)C2(C#N)CCCCC2)cc1. The number of nitrogens with zero attached hydrogens (tertiary/aromatic N) is 1. The maximum absolute atomic E-state index is 12.4. The summed E-state index contributed by atoms with van der Waals surface area (Å²) in [6.45, 7) is 1.44. The zero-order valence-electron chi connectivity index (χ0n) is 12.1. The van der Waals surface area contributed by atoms with E-state index in [9.17, 15) is 14.9 Å². The molecule has 0 radical (unpaired) electrons. The summed E-state index contributed by atoms with van der Waals surface area (Å²) < 4.78 is 0. The van der Waals surface area contributed by atoms with Crippen molar-refractivity contribution in [1.82, 2.24) is 0 Å². The summed E-state index contributed by atoms with van der Waals surface area (Å²) in [4.78, 5) is 23.3. The van der Waals surface area contributed by atoms with Crippen LogP contribution in [-0.4, -0.2) is 11.8 Å². The summed E-state index contributed by atoms with van der Waals surface area (Å²) in [6, 6.07) is 9.08. The highest BCUT2D eigenvalue weighted by Gasteiger charge is 2.39. The molecular weight excluding hydrogens is 266 g/mol. The normalized spacial score (nSPS) is 16.6. The number of rotatable bonds is 3. The molecule has 0 spiro atoms. The molecule has 5 nitrogen and oxygen atoms in total. The van der Waals surface area contributed by atoms with Crippen molar-refractivity contribution in [2.24, 2.45) is 5.41 Å². The van der Waals surface area contributed by atoms with E-state index >= 15 is 0 Å². The number of nitriles is 1. The first kappa shape index (κ1) is 15.0. The lowest BCUT2D eigenvalue weighted by molar-refractivity contribution is -0.124. The van der Waals surface area contributed by atoms with Gasteiger partial charge in [-0.25, -0.2) is 0 Å². The van der Waals surface area contributed by atoms with Crippen LogP contribution in [0.5, 0.6) is 0 Å². The Morgan fingerprint density at radius 1 is 1.05 bits per heavy atom.